The minimum atomic E-state index is -0.511. The lowest BCUT2D eigenvalue weighted by molar-refractivity contribution is -0.384. The Morgan fingerprint density at radius 1 is 1.42 bits per heavy atom. The number of aromatic nitrogens is 1. The minimum absolute atomic E-state index is 0.0743. The van der Waals surface area contributed by atoms with E-state index < -0.39 is 4.92 Å². The zero-order valence-electron chi connectivity index (χ0n) is 10.9. The Bertz CT molecular complexity index is 445. The molecule has 1 rings (SSSR count). The van der Waals surface area contributed by atoms with Gasteiger partial charge in [-0.2, -0.15) is 0 Å². The predicted molar refractivity (Wildman–Crippen MR) is 73.6 cm³/mol. The summed E-state index contributed by atoms with van der Waals surface area (Å²) in [5.41, 5.74) is 0.224. The SMILES string of the molecule is Cn1cc([N+](=O)[O-])cc1C(=O)NCCCCCCCl. The number of carbonyl (C=O) groups is 1. The van der Waals surface area contributed by atoms with Gasteiger partial charge in [0.15, 0.2) is 0 Å². The molecule has 0 aliphatic carbocycles. The highest BCUT2D eigenvalue weighted by Crippen LogP contribution is 2.14. The van der Waals surface area contributed by atoms with Gasteiger partial charge in [-0.05, 0) is 12.8 Å². The average molecular weight is 288 g/mol. The molecule has 0 unspecified atom stereocenters. The van der Waals surface area contributed by atoms with Crippen LogP contribution in [0, 0.1) is 10.1 Å². The Hall–Kier alpha value is -1.56. The molecular formula is C12H18ClN3O3. The van der Waals surface area contributed by atoms with E-state index in [1.807, 2.05) is 0 Å². The van der Waals surface area contributed by atoms with Gasteiger partial charge in [0.2, 0.25) is 0 Å². The van der Waals surface area contributed by atoms with Crippen molar-refractivity contribution in [2.75, 3.05) is 12.4 Å². The number of carbonyl (C=O) groups excluding carboxylic acids is 1. The van der Waals surface area contributed by atoms with Crippen LogP contribution in [0.2, 0.25) is 0 Å². The molecule has 0 spiro atoms. The largest absolute Gasteiger partial charge is 0.351 e. The van der Waals surface area contributed by atoms with Gasteiger partial charge in [0.1, 0.15) is 5.69 Å². The summed E-state index contributed by atoms with van der Waals surface area (Å²) in [6.45, 7) is 0.570. The summed E-state index contributed by atoms with van der Waals surface area (Å²) >= 11 is 5.56. The minimum Gasteiger partial charge on any atom is -0.351 e. The number of hydrogen-bond acceptors (Lipinski definition) is 3. The zero-order valence-corrected chi connectivity index (χ0v) is 11.7. The molecular weight excluding hydrogens is 270 g/mol. The number of nitro groups is 1. The van der Waals surface area contributed by atoms with Crippen molar-refractivity contribution in [3.8, 4) is 0 Å². The third-order valence-electron chi connectivity index (χ3n) is 2.78. The number of aryl methyl sites for hydroxylation is 1. The third-order valence-corrected chi connectivity index (χ3v) is 3.05. The molecule has 0 aliphatic heterocycles. The van der Waals surface area contributed by atoms with Crippen molar-refractivity contribution < 1.29 is 9.72 Å². The van der Waals surface area contributed by atoms with Crippen molar-refractivity contribution in [3.63, 3.8) is 0 Å². The fraction of sp³-hybridized carbons (Fsp3) is 0.583. The van der Waals surface area contributed by atoms with Crippen molar-refractivity contribution in [1.82, 2.24) is 9.88 Å². The summed E-state index contributed by atoms with van der Waals surface area (Å²) in [6, 6.07) is 1.28. The van der Waals surface area contributed by atoms with Gasteiger partial charge in [0.25, 0.3) is 11.6 Å². The molecule has 0 saturated carbocycles. The molecule has 1 heterocycles. The van der Waals surface area contributed by atoms with Gasteiger partial charge in [-0.15, -0.1) is 11.6 Å². The number of rotatable bonds is 8. The van der Waals surface area contributed by atoms with E-state index in [1.54, 1.807) is 7.05 Å². The highest BCUT2D eigenvalue weighted by atomic mass is 35.5. The van der Waals surface area contributed by atoms with Gasteiger partial charge in [-0.25, -0.2) is 0 Å². The van der Waals surface area contributed by atoms with Crippen molar-refractivity contribution in [1.29, 1.82) is 0 Å². The molecule has 1 aromatic heterocycles. The van der Waals surface area contributed by atoms with Crippen LogP contribution in [0.15, 0.2) is 12.3 Å². The molecule has 1 amide bonds. The van der Waals surface area contributed by atoms with E-state index in [-0.39, 0.29) is 11.6 Å². The van der Waals surface area contributed by atoms with Crippen LogP contribution in [-0.2, 0) is 7.05 Å². The van der Waals surface area contributed by atoms with Crippen molar-refractivity contribution in [3.05, 3.63) is 28.1 Å². The van der Waals surface area contributed by atoms with E-state index in [0.717, 1.165) is 25.7 Å². The number of nitrogens with one attached hydrogen (secondary N) is 1. The number of amides is 1. The van der Waals surface area contributed by atoms with Gasteiger partial charge < -0.3 is 9.88 Å². The summed E-state index contributed by atoms with van der Waals surface area (Å²) < 4.78 is 1.46. The summed E-state index contributed by atoms with van der Waals surface area (Å²) in [7, 11) is 1.61. The monoisotopic (exact) mass is 287 g/mol. The van der Waals surface area contributed by atoms with Gasteiger partial charge >= 0.3 is 0 Å². The van der Waals surface area contributed by atoms with Gasteiger partial charge in [-0.1, -0.05) is 12.8 Å². The topological polar surface area (TPSA) is 77.2 Å². The molecule has 0 aromatic carbocycles. The molecule has 0 fully saturated rings. The number of nitrogens with zero attached hydrogens (tertiary/aromatic N) is 2. The molecule has 6 nitrogen and oxygen atoms in total. The molecule has 0 radical (unpaired) electrons. The maximum Gasteiger partial charge on any atom is 0.287 e. The maximum absolute atomic E-state index is 11.8. The van der Waals surface area contributed by atoms with Crippen LogP contribution in [-0.4, -0.2) is 27.8 Å². The Balaban J connectivity index is 2.39. The maximum atomic E-state index is 11.8. The van der Waals surface area contributed by atoms with Crippen molar-refractivity contribution in [2.45, 2.75) is 25.7 Å². The van der Waals surface area contributed by atoms with E-state index in [9.17, 15) is 14.9 Å². The number of unbranched alkanes of at least 4 members (excludes halogenated alkanes) is 3. The molecule has 0 atom stereocenters. The summed E-state index contributed by atoms with van der Waals surface area (Å²) in [4.78, 5) is 21.9. The number of hydrogen-bond donors (Lipinski definition) is 1. The molecule has 1 aromatic rings. The van der Waals surface area contributed by atoms with E-state index in [0.29, 0.717) is 18.1 Å². The standard InChI is InChI=1S/C12H18ClN3O3/c1-15-9-10(16(18)19)8-11(15)12(17)14-7-5-3-2-4-6-13/h8-9H,2-7H2,1H3,(H,14,17). The highest BCUT2D eigenvalue weighted by molar-refractivity contribution is 6.17. The first-order chi connectivity index (χ1) is 9.06. The van der Waals surface area contributed by atoms with Gasteiger partial charge in [-0.3, -0.25) is 14.9 Å². The van der Waals surface area contributed by atoms with Crippen molar-refractivity contribution in [2.24, 2.45) is 7.05 Å². The third kappa shape index (κ3) is 4.90. The normalized spacial score (nSPS) is 10.4. The van der Waals surface area contributed by atoms with E-state index in [1.165, 1.54) is 16.8 Å². The summed E-state index contributed by atoms with van der Waals surface area (Å²) in [5, 5.41) is 13.4. The van der Waals surface area contributed by atoms with E-state index in [2.05, 4.69) is 5.32 Å². The van der Waals surface area contributed by atoms with Crippen LogP contribution in [0.1, 0.15) is 36.2 Å². The lowest BCUT2D eigenvalue weighted by Gasteiger charge is -2.05. The lowest BCUT2D eigenvalue weighted by atomic mass is 10.2. The fourth-order valence-electron chi connectivity index (χ4n) is 1.74. The van der Waals surface area contributed by atoms with Crippen LogP contribution < -0.4 is 5.32 Å². The zero-order chi connectivity index (χ0) is 14.3. The molecule has 106 valence electrons. The second-order valence-corrected chi connectivity index (χ2v) is 4.69. The van der Waals surface area contributed by atoms with Gasteiger partial charge in [0.05, 0.1) is 11.1 Å². The quantitative estimate of drug-likeness (QED) is 0.345. The van der Waals surface area contributed by atoms with Gasteiger partial charge in [0, 0.05) is 25.5 Å². The Kier molecular flexibility index (Phi) is 6.35. The van der Waals surface area contributed by atoms with Crippen LogP contribution >= 0.6 is 11.6 Å². The molecule has 0 bridgehead atoms. The molecule has 0 saturated heterocycles. The summed E-state index contributed by atoms with van der Waals surface area (Å²) in [6.07, 6.45) is 5.26. The predicted octanol–water partition coefficient (Wildman–Crippen LogP) is 2.46. The molecule has 7 heteroatoms. The van der Waals surface area contributed by atoms with Crippen LogP contribution in [0.3, 0.4) is 0 Å². The summed E-state index contributed by atoms with van der Waals surface area (Å²) in [5.74, 6) is 0.382. The smallest absolute Gasteiger partial charge is 0.287 e. The van der Waals surface area contributed by atoms with Crippen LogP contribution in [0.4, 0.5) is 5.69 Å². The first-order valence-corrected chi connectivity index (χ1v) is 6.74. The first-order valence-electron chi connectivity index (χ1n) is 6.21. The number of halogens is 1. The second-order valence-electron chi connectivity index (χ2n) is 4.31. The fourth-order valence-corrected chi connectivity index (χ4v) is 1.93. The van der Waals surface area contributed by atoms with E-state index in [4.69, 9.17) is 11.6 Å². The van der Waals surface area contributed by atoms with Crippen LogP contribution in [0.25, 0.3) is 0 Å². The average Bonchev–Trinajstić information content (AvgIpc) is 2.76. The molecule has 19 heavy (non-hydrogen) atoms. The second kappa shape index (κ2) is 7.78. The first kappa shape index (κ1) is 15.5. The lowest BCUT2D eigenvalue weighted by Crippen LogP contribution is -2.26. The van der Waals surface area contributed by atoms with Crippen molar-refractivity contribution >= 4 is 23.2 Å². The highest BCUT2D eigenvalue weighted by Gasteiger charge is 2.16. The Morgan fingerprint density at radius 3 is 2.68 bits per heavy atom. The molecule has 0 aliphatic rings. The molecule has 1 N–H and O–H groups in total. The Labute approximate surface area is 116 Å². The number of alkyl halides is 1. The van der Waals surface area contributed by atoms with Crippen LogP contribution in [0.5, 0.6) is 0 Å². The Morgan fingerprint density at radius 2 is 2.11 bits per heavy atom. The van der Waals surface area contributed by atoms with E-state index >= 15 is 0 Å².